The van der Waals surface area contributed by atoms with Crippen LogP contribution >= 0.6 is 23.1 Å². The van der Waals surface area contributed by atoms with Crippen molar-refractivity contribution in [1.29, 1.82) is 0 Å². The summed E-state index contributed by atoms with van der Waals surface area (Å²) in [5.41, 5.74) is 3.01. The monoisotopic (exact) mass is 429 g/mol. The van der Waals surface area contributed by atoms with Crippen molar-refractivity contribution in [2.75, 3.05) is 6.54 Å². The summed E-state index contributed by atoms with van der Waals surface area (Å²) in [6.45, 7) is 4.17. The molecule has 6 heteroatoms. The van der Waals surface area contributed by atoms with Crippen LogP contribution in [0.5, 0.6) is 0 Å². The lowest BCUT2D eigenvalue weighted by atomic mass is 10.2. The minimum Gasteiger partial charge on any atom is -0.282 e. The van der Waals surface area contributed by atoms with Crippen LogP contribution in [0.25, 0.3) is 17.3 Å². The molecule has 0 unspecified atom stereocenters. The summed E-state index contributed by atoms with van der Waals surface area (Å²) in [7, 11) is 0. The van der Waals surface area contributed by atoms with Crippen LogP contribution in [0.15, 0.2) is 101 Å². The van der Waals surface area contributed by atoms with E-state index in [0.717, 1.165) is 16.8 Å². The Hall–Kier alpha value is -3.22. The highest BCUT2D eigenvalue weighted by molar-refractivity contribution is 8.18. The molecular formula is C24H19N3OS2. The van der Waals surface area contributed by atoms with Gasteiger partial charge in [-0.3, -0.25) is 9.69 Å². The van der Waals surface area contributed by atoms with Gasteiger partial charge in [0.05, 0.1) is 10.6 Å². The molecule has 0 atom stereocenters. The second kappa shape index (κ2) is 9.52. The van der Waals surface area contributed by atoms with Gasteiger partial charge in [-0.05, 0) is 23.4 Å². The number of nitrogens with zero attached hydrogens (tertiary/aromatic N) is 3. The predicted molar refractivity (Wildman–Crippen MR) is 128 cm³/mol. The Bertz CT molecular complexity index is 1130. The zero-order valence-corrected chi connectivity index (χ0v) is 17.8. The number of thioether (sulfide) groups is 1. The number of carbonyl (C=O) groups excluding carboxylic acids is 1. The number of amides is 1. The van der Waals surface area contributed by atoms with Crippen molar-refractivity contribution in [3.8, 4) is 11.3 Å². The van der Waals surface area contributed by atoms with Crippen molar-refractivity contribution in [2.24, 2.45) is 4.99 Å². The van der Waals surface area contributed by atoms with Crippen LogP contribution in [-0.4, -0.2) is 27.5 Å². The molecule has 4 nitrogen and oxygen atoms in total. The number of hydrogen-bond acceptors (Lipinski definition) is 5. The maximum absolute atomic E-state index is 12.8. The first-order valence-corrected chi connectivity index (χ1v) is 11.1. The normalized spacial score (nSPS) is 16.8. The van der Waals surface area contributed by atoms with Gasteiger partial charge in [-0.1, -0.05) is 78.9 Å². The molecule has 0 N–H and O–H groups in total. The van der Waals surface area contributed by atoms with Gasteiger partial charge in [0.15, 0.2) is 5.17 Å². The third kappa shape index (κ3) is 4.67. The fourth-order valence-corrected chi connectivity index (χ4v) is 4.54. The summed E-state index contributed by atoms with van der Waals surface area (Å²) in [5, 5.41) is 3.22. The third-order valence-electron chi connectivity index (χ3n) is 4.29. The average molecular weight is 430 g/mol. The Morgan fingerprint density at radius 1 is 1.07 bits per heavy atom. The SMILES string of the molecule is C=CCN1C(=O)/C(=C/C=C/c2ccccc2)S/C1=N/c1nc(-c2ccccc2)cs1. The van der Waals surface area contributed by atoms with Gasteiger partial charge in [-0.15, -0.1) is 17.9 Å². The summed E-state index contributed by atoms with van der Waals surface area (Å²) in [6, 6.07) is 20.0. The van der Waals surface area contributed by atoms with E-state index in [1.54, 1.807) is 11.0 Å². The molecule has 1 fully saturated rings. The minimum atomic E-state index is -0.0730. The summed E-state index contributed by atoms with van der Waals surface area (Å²) in [5.74, 6) is -0.0730. The summed E-state index contributed by atoms with van der Waals surface area (Å²) in [4.78, 5) is 24.3. The van der Waals surface area contributed by atoms with Gasteiger partial charge in [0.1, 0.15) is 0 Å². The van der Waals surface area contributed by atoms with Crippen molar-refractivity contribution in [3.63, 3.8) is 0 Å². The fourth-order valence-electron chi connectivity index (χ4n) is 2.85. The van der Waals surface area contributed by atoms with Crippen molar-refractivity contribution in [2.45, 2.75) is 0 Å². The Kier molecular flexibility index (Phi) is 6.37. The molecule has 1 aliphatic heterocycles. The maximum Gasteiger partial charge on any atom is 0.267 e. The lowest BCUT2D eigenvalue weighted by Crippen LogP contribution is -2.29. The number of allylic oxidation sites excluding steroid dienone is 2. The van der Waals surface area contributed by atoms with Crippen molar-refractivity contribution in [3.05, 3.63) is 101 Å². The van der Waals surface area contributed by atoms with Gasteiger partial charge in [0, 0.05) is 17.5 Å². The fraction of sp³-hybridized carbons (Fsp3) is 0.0417. The summed E-state index contributed by atoms with van der Waals surface area (Å²) >= 11 is 2.82. The highest BCUT2D eigenvalue weighted by Crippen LogP contribution is 2.34. The Morgan fingerprint density at radius 3 is 2.53 bits per heavy atom. The topological polar surface area (TPSA) is 45.6 Å². The van der Waals surface area contributed by atoms with E-state index in [2.05, 4.69) is 16.6 Å². The van der Waals surface area contributed by atoms with Crippen molar-refractivity contribution >= 4 is 45.4 Å². The van der Waals surface area contributed by atoms with E-state index in [-0.39, 0.29) is 5.91 Å². The van der Waals surface area contributed by atoms with E-state index >= 15 is 0 Å². The van der Waals surface area contributed by atoms with Crippen LogP contribution in [0.2, 0.25) is 0 Å². The first-order valence-electron chi connectivity index (χ1n) is 9.38. The standard InChI is InChI=1S/C24H19N3OS2/c1-2-16-27-22(28)21(15-9-12-18-10-5-3-6-11-18)30-24(27)26-23-25-20(17-29-23)19-13-7-4-8-14-19/h2-15,17H,1,16H2/b12-9+,21-15-,26-24+. The van der Waals surface area contributed by atoms with E-state index in [9.17, 15) is 4.79 Å². The number of hydrogen-bond donors (Lipinski definition) is 0. The van der Waals surface area contributed by atoms with E-state index in [1.807, 2.05) is 84.3 Å². The molecule has 30 heavy (non-hydrogen) atoms. The molecule has 4 rings (SSSR count). The molecule has 3 aromatic rings. The summed E-state index contributed by atoms with van der Waals surface area (Å²) in [6.07, 6.45) is 7.39. The number of rotatable bonds is 6. The zero-order chi connectivity index (χ0) is 20.8. The Labute approximate surface area is 184 Å². The van der Waals surface area contributed by atoms with Crippen LogP contribution in [0.4, 0.5) is 5.13 Å². The molecule has 148 valence electrons. The second-order valence-electron chi connectivity index (χ2n) is 6.38. The van der Waals surface area contributed by atoms with Gasteiger partial charge in [-0.2, -0.15) is 4.99 Å². The molecule has 1 aromatic heterocycles. The van der Waals surface area contributed by atoms with Crippen LogP contribution < -0.4 is 0 Å². The lowest BCUT2D eigenvalue weighted by molar-refractivity contribution is -0.121. The highest BCUT2D eigenvalue weighted by atomic mass is 32.2. The molecule has 1 amide bonds. The van der Waals surface area contributed by atoms with Crippen LogP contribution in [0.1, 0.15) is 5.56 Å². The second-order valence-corrected chi connectivity index (χ2v) is 8.23. The van der Waals surface area contributed by atoms with Crippen LogP contribution in [0, 0.1) is 0 Å². The molecule has 1 aliphatic rings. The molecule has 1 saturated heterocycles. The van der Waals surface area contributed by atoms with Gasteiger partial charge in [0.25, 0.3) is 5.91 Å². The first kappa shape index (κ1) is 20.1. The zero-order valence-electron chi connectivity index (χ0n) is 16.1. The van der Waals surface area contributed by atoms with Gasteiger partial charge in [-0.25, -0.2) is 4.98 Å². The number of benzene rings is 2. The molecule has 2 aromatic carbocycles. The molecule has 0 bridgehead atoms. The Balaban J connectivity index is 1.57. The number of aromatic nitrogens is 1. The van der Waals surface area contributed by atoms with Crippen LogP contribution in [0.3, 0.4) is 0 Å². The van der Waals surface area contributed by atoms with Gasteiger partial charge in [0.2, 0.25) is 5.13 Å². The molecule has 2 heterocycles. The number of carbonyl (C=O) groups is 1. The Morgan fingerprint density at radius 2 is 1.80 bits per heavy atom. The van der Waals surface area contributed by atoms with Gasteiger partial charge < -0.3 is 0 Å². The number of amidine groups is 1. The molecule has 0 aliphatic carbocycles. The number of aliphatic imine (C=N–C) groups is 1. The molecule has 0 radical (unpaired) electrons. The van der Waals surface area contributed by atoms with Crippen LogP contribution in [-0.2, 0) is 4.79 Å². The smallest absolute Gasteiger partial charge is 0.267 e. The highest BCUT2D eigenvalue weighted by Gasteiger charge is 2.32. The third-order valence-corrected chi connectivity index (χ3v) is 6.05. The van der Waals surface area contributed by atoms with E-state index < -0.39 is 0 Å². The van der Waals surface area contributed by atoms with E-state index in [1.165, 1.54) is 23.1 Å². The summed E-state index contributed by atoms with van der Waals surface area (Å²) < 4.78 is 0. The van der Waals surface area contributed by atoms with Crippen molar-refractivity contribution < 1.29 is 4.79 Å². The molecular weight excluding hydrogens is 410 g/mol. The average Bonchev–Trinajstić information content (AvgIpc) is 3.36. The predicted octanol–water partition coefficient (Wildman–Crippen LogP) is 6.16. The lowest BCUT2D eigenvalue weighted by Gasteiger charge is -2.11. The first-order chi connectivity index (χ1) is 14.7. The van der Waals surface area contributed by atoms with E-state index in [4.69, 9.17) is 0 Å². The van der Waals surface area contributed by atoms with E-state index in [0.29, 0.717) is 21.7 Å². The molecule has 0 saturated carbocycles. The van der Waals surface area contributed by atoms with Crippen molar-refractivity contribution in [1.82, 2.24) is 9.88 Å². The quantitative estimate of drug-likeness (QED) is 0.348. The largest absolute Gasteiger partial charge is 0.282 e. The van der Waals surface area contributed by atoms with Gasteiger partial charge >= 0.3 is 0 Å². The number of thiazole rings is 1. The minimum absolute atomic E-state index is 0.0730. The molecule has 0 spiro atoms. The maximum atomic E-state index is 12.8.